The van der Waals surface area contributed by atoms with E-state index in [1.807, 2.05) is 0 Å². The molecule has 96 valence electrons. The number of hydrogen-bond acceptors (Lipinski definition) is 5. The minimum Gasteiger partial charge on any atom is -0.480 e. The number of aromatic nitrogens is 1. The molecule has 0 unspecified atom stereocenters. The molecular weight excluding hydrogens is 240 g/mol. The molecule has 0 aliphatic carbocycles. The highest BCUT2D eigenvalue weighted by atomic mass is 16.6. The highest BCUT2D eigenvalue weighted by molar-refractivity contribution is 5.95. The molecule has 0 saturated carbocycles. The van der Waals surface area contributed by atoms with Crippen molar-refractivity contribution in [3.8, 4) is 5.88 Å². The molecule has 1 fully saturated rings. The molecule has 0 atom stereocenters. The van der Waals surface area contributed by atoms with Crippen molar-refractivity contribution in [1.29, 1.82) is 0 Å². The Morgan fingerprint density at radius 3 is 2.72 bits per heavy atom. The third-order valence-electron chi connectivity index (χ3n) is 2.73. The topological polar surface area (TPSA) is 88.8 Å². The van der Waals surface area contributed by atoms with Crippen LogP contribution in [-0.2, 0) is 0 Å². The highest BCUT2D eigenvalue weighted by Gasteiger charge is 2.30. The summed E-state index contributed by atoms with van der Waals surface area (Å²) >= 11 is 0. The van der Waals surface area contributed by atoms with Crippen LogP contribution in [-0.4, -0.2) is 48.1 Å². The SMILES string of the molecule is COc1ncc([N+](=O)[O-])cc1N1CCN(C)C1=O. The van der Waals surface area contributed by atoms with Crippen molar-refractivity contribution in [2.45, 2.75) is 0 Å². The standard InChI is InChI=1S/C10H12N4O4/c1-12-3-4-13(10(12)15)8-5-7(14(16)17)6-11-9(8)18-2/h5-6H,3-4H2,1-2H3. The van der Waals surface area contributed by atoms with E-state index in [9.17, 15) is 14.9 Å². The summed E-state index contributed by atoms with van der Waals surface area (Å²) in [5, 5.41) is 10.7. The number of carbonyl (C=O) groups is 1. The minimum absolute atomic E-state index is 0.173. The van der Waals surface area contributed by atoms with Crippen molar-refractivity contribution >= 4 is 17.4 Å². The molecule has 0 spiro atoms. The minimum atomic E-state index is -0.555. The Morgan fingerprint density at radius 2 is 2.22 bits per heavy atom. The van der Waals surface area contributed by atoms with E-state index in [0.29, 0.717) is 18.8 Å². The molecule has 2 rings (SSSR count). The summed E-state index contributed by atoms with van der Waals surface area (Å²) in [6.45, 7) is 1.01. The molecule has 0 N–H and O–H groups in total. The van der Waals surface area contributed by atoms with Crippen LogP contribution in [0.5, 0.6) is 5.88 Å². The van der Waals surface area contributed by atoms with Crippen LogP contribution in [0.25, 0.3) is 0 Å². The molecule has 0 aromatic carbocycles. The number of methoxy groups -OCH3 is 1. The Morgan fingerprint density at radius 1 is 1.50 bits per heavy atom. The monoisotopic (exact) mass is 252 g/mol. The van der Waals surface area contributed by atoms with Gasteiger partial charge in [-0.3, -0.25) is 15.0 Å². The molecule has 2 heterocycles. The number of amides is 2. The van der Waals surface area contributed by atoms with E-state index >= 15 is 0 Å². The fourth-order valence-corrected chi connectivity index (χ4v) is 1.75. The van der Waals surface area contributed by atoms with Gasteiger partial charge in [0.25, 0.3) is 5.69 Å². The summed E-state index contributed by atoms with van der Waals surface area (Å²) in [7, 11) is 3.07. The fraction of sp³-hybridized carbons (Fsp3) is 0.400. The second-order valence-electron chi connectivity index (χ2n) is 3.83. The lowest BCUT2D eigenvalue weighted by Crippen LogP contribution is -2.29. The number of nitrogens with zero attached hydrogens (tertiary/aromatic N) is 4. The van der Waals surface area contributed by atoms with Gasteiger partial charge < -0.3 is 9.64 Å². The lowest BCUT2D eigenvalue weighted by atomic mass is 10.3. The average molecular weight is 252 g/mol. The van der Waals surface area contributed by atoms with Gasteiger partial charge in [-0.05, 0) is 0 Å². The quantitative estimate of drug-likeness (QED) is 0.588. The Labute approximate surface area is 103 Å². The van der Waals surface area contributed by atoms with Crippen molar-refractivity contribution in [3.63, 3.8) is 0 Å². The van der Waals surface area contributed by atoms with E-state index in [0.717, 1.165) is 6.20 Å². The molecule has 0 bridgehead atoms. The van der Waals surface area contributed by atoms with Crippen LogP contribution in [0.1, 0.15) is 0 Å². The lowest BCUT2D eigenvalue weighted by Gasteiger charge is -2.17. The number of rotatable bonds is 3. The largest absolute Gasteiger partial charge is 0.480 e. The van der Waals surface area contributed by atoms with Crippen molar-refractivity contribution in [1.82, 2.24) is 9.88 Å². The zero-order valence-corrected chi connectivity index (χ0v) is 9.99. The van der Waals surface area contributed by atoms with Crippen LogP contribution >= 0.6 is 0 Å². The summed E-state index contributed by atoms with van der Waals surface area (Å²) in [4.78, 5) is 28.8. The van der Waals surface area contributed by atoms with Crippen molar-refractivity contribution < 1.29 is 14.5 Å². The van der Waals surface area contributed by atoms with E-state index in [1.165, 1.54) is 23.0 Å². The van der Waals surface area contributed by atoms with Gasteiger partial charge in [-0.1, -0.05) is 0 Å². The zero-order valence-electron chi connectivity index (χ0n) is 9.99. The van der Waals surface area contributed by atoms with Crippen LogP contribution in [0.4, 0.5) is 16.2 Å². The van der Waals surface area contributed by atoms with Gasteiger partial charge in [-0.2, -0.15) is 0 Å². The lowest BCUT2D eigenvalue weighted by molar-refractivity contribution is -0.385. The van der Waals surface area contributed by atoms with Crippen LogP contribution in [0, 0.1) is 10.1 Å². The van der Waals surface area contributed by atoms with E-state index in [4.69, 9.17) is 4.74 Å². The van der Waals surface area contributed by atoms with E-state index in [-0.39, 0.29) is 17.6 Å². The normalized spacial score (nSPS) is 15.1. The second kappa shape index (κ2) is 4.47. The molecule has 1 aromatic heterocycles. The van der Waals surface area contributed by atoms with Gasteiger partial charge >= 0.3 is 6.03 Å². The molecule has 0 radical (unpaired) electrons. The predicted molar refractivity (Wildman–Crippen MR) is 62.8 cm³/mol. The summed E-state index contributed by atoms with van der Waals surface area (Å²) in [5.41, 5.74) is 0.147. The predicted octanol–water partition coefficient (Wildman–Crippen LogP) is 0.870. The number of carbonyl (C=O) groups excluding carboxylic acids is 1. The number of nitro groups is 1. The smallest absolute Gasteiger partial charge is 0.324 e. The first-order chi connectivity index (χ1) is 8.54. The maximum Gasteiger partial charge on any atom is 0.324 e. The average Bonchev–Trinajstić information content (AvgIpc) is 2.69. The van der Waals surface area contributed by atoms with Gasteiger partial charge in [-0.15, -0.1) is 0 Å². The maximum atomic E-state index is 11.9. The van der Waals surface area contributed by atoms with Gasteiger partial charge in [0.1, 0.15) is 11.9 Å². The fourth-order valence-electron chi connectivity index (χ4n) is 1.75. The third kappa shape index (κ3) is 1.92. The zero-order chi connectivity index (χ0) is 13.3. The molecule has 18 heavy (non-hydrogen) atoms. The summed E-state index contributed by atoms with van der Waals surface area (Å²) in [5.74, 6) is 0.198. The van der Waals surface area contributed by atoms with Gasteiger partial charge in [0.05, 0.1) is 12.0 Å². The number of pyridine rings is 1. The van der Waals surface area contributed by atoms with Crippen LogP contribution in [0.2, 0.25) is 0 Å². The van der Waals surface area contributed by atoms with Gasteiger partial charge in [0.2, 0.25) is 5.88 Å². The van der Waals surface area contributed by atoms with E-state index < -0.39 is 4.92 Å². The number of anilines is 1. The van der Waals surface area contributed by atoms with Gasteiger partial charge in [0.15, 0.2) is 0 Å². The number of ether oxygens (including phenoxy) is 1. The number of urea groups is 1. The van der Waals surface area contributed by atoms with Crippen molar-refractivity contribution in [2.24, 2.45) is 0 Å². The molecule has 1 aliphatic rings. The van der Waals surface area contributed by atoms with Crippen LogP contribution in [0.15, 0.2) is 12.3 Å². The first-order valence-corrected chi connectivity index (χ1v) is 5.25. The molecule has 8 nitrogen and oxygen atoms in total. The van der Waals surface area contributed by atoms with E-state index in [1.54, 1.807) is 7.05 Å². The van der Waals surface area contributed by atoms with E-state index in [2.05, 4.69) is 4.98 Å². The highest BCUT2D eigenvalue weighted by Crippen LogP contribution is 2.31. The van der Waals surface area contributed by atoms with Crippen LogP contribution in [0.3, 0.4) is 0 Å². The summed E-state index contributed by atoms with van der Waals surface area (Å²) in [6, 6.07) is 1.07. The van der Waals surface area contributed by atoms with Crippen molar-refractivity contribution in [3.05, 3.63) is 22.4 Å². The number of likely N-dealkylation sites (N-methyl/N-ethyl adjacent to an activating group) is 1. The Kier molecular flexibility index (Phi) is 3.00. The third-order valence-corrected chi connectivity index (χ3v) is 2.73. The molecule has 2 amide bonds. The molecule has 1 saturated heterocycles. The van der Waals surface area contributed by atoms with Crippen molar-refractivity contribution in [2.75, 3.05) is 32.1 Å². The molecule has 8 heteroatoms. The van der Waals surface area contributed by atoms with Gasteiger partial charge in [0, 0.05) is 26.2 Å². The Balaban J connectivity index is 2.44. The maximum absolute atomic E-state index is 11.9. The first kappa shape index (κ1) is 12.1. The summed E-state index contributed by atoms with van der Waals surface area (Å²) in [6.07, 6.45) is 1.10. The molecule has 1 aromatic rings. The number of hydrogen-bond donors (Lipinski definition) is 0. The second-order valence-corrected chi connectivity index (χ2v) is 3.83. The molecule has 1 aliphatic heterocycles. The summed E-state index contributed by atoms with van der Waals surface area (Å²) < 4.78 is 5.03. The molecular formula is C10H12N4O4. The van der Waals surface area contributed by atoms with Crippen LogP contribution < -0.4 is 9.64 Å². The Hall–Kier alpha value is -2.38. The van der Waals surface area contributed by atoms with Gasteiger partial charge in [-0.25, -0.2) is 9.78 Å². The Bertz CT molecular complexity index is 505. The first-order valence-electron chi connectivity index (χ1n) is 5.25.